The molecule has 2 aromatic heterocycles. The first kappa shape index (κ1) is 59.3. The van der Waals surface area contributed by atoms with E-state index in [1.807, 2.05) is 185 Å². The minimum absolute atomic E-state index is 0.0249. The van der Waals surface area contributed by atoms with E-state index in [1.54, 1.807) is 81.4 Å². The molecule has 2 heterocycles. The summed E-state index contributed by atoms with van der Waals surface area (Å²) in [6.45, 7) is 10.9. The number of benzene rings is 8. The normalized spacial score (nSPS) is 10.8. The van der Waals surface area contributed by atoms with E-state index >= 15 is 0 Å². The molecule has 420 valence electrons. The Hall–Kier alpha value is -10.8. The van der Waals surface area contributed by atoms with Gasteiger partial charge in [0.05, 0.1) is 50.6 Å². The Bertz CT molecular complexity index is 3890. The van der Waals surface area contributed by atoms with Gasteiger partial charge in [0.2, 0.25) is 0 Å². The van der Waals surface area contributed by atoms with Crippen molar-refractivity contribution in [2.75, 3.05) is 16.4 Å². The number of aromatic nitrogens is 2. The molecule has 0 radical (unpaired) electrons. The van der Waals surface area contributed by atoms with Crippen LogP contribution in [0, 0.1) is 0 Å². The van der Waals surface area contributed by atoms with Gasteiger partial charge in [0.15, 0.2) is 0 Å². The third-order valence-electron chi connectivity index (χ3n) is 12.6. The van der Waals surface area contributed by atoms with E-state index in [0.717, 1.165) is 55.9 Å². The van der Waals surface area contributed by atoms with Gasteiger partial charge in [-0.2, -0.15) is 0 Å². The molecular weight excluding hydrogens is 1050 g/mol. The van der Waals surface area contributed by atoms with Crippen molar-refractivity contribution in [2.45, 2.75) is 52.7 Å². The fourth-order valence-corrected chi connectivity index (χ4v) is 8.51. The molecule has 0 aliphatic rings. The lowest BCUT2D eigenvalue weighted by molar-refractivity contribution is 0.00581. The molecule has 0 aliphatic carbocycles. The number of carbonyl (C=O) groups is 5. The zero-order valence-electron chi connectivity index (χ0n) is 47.4. The van der Waals surface area contributed by atoms with Gasteiger partial charge in [-0.3, -0.25) is 19.6 Å². The van der Waals surface area contributed by atoms with Crippen LogP contribution in [0.3, 0.4) is 0 Å². The van der Waals surface area contributed by atoms with Gasteiger partial charge in [0.1, 0.15) is 11.2 Å². The number of amides is 2. The average Bonchev–Trinajstić information content (AvgIpc) is 3.71. The first-order valence-corrected chi connectivity index (χ1v) is 27.0. The molecule has 10 aromatic rings. The van der Waals surface area contributed by atoms with Crippen molar-refractivity contribution in [3.05, 3.63) is 271 Å². The fourth-order valence-electron chi connectivity index (χ4n) is 8.51. The number of esters is 2. The molecule has 0 bridgehead atoms. The lowest BCUT2D eigenvalue weighted by Gasteiger charge is -2.21. The number of aromatic carboxylic acids is 1. The summed E-state index contributed by atoms with van der Waals surface area (Å²) in [7, 11) is 0. The van der Waals surface area contributed by atoms with Crippen LogP contribution in [0.4, 0.5) is 17.1 Å². The van der Waals surface area contributed by atoms with Gasteiger partial charge in [-0.25, -0.2) is 14.4 Å². The minimum Gasteiger partial charge on any atom is -0.478 e. The Morgan fingerprint density at radius 1 is 0.381 bits per heavy atom. The van der Waals surface area contributed by atoms with Crippen LogP contribution in [0.15, 0.2) is 243 Å². The van der Waals surface area contributed by atoms with E-state index in [9.17, 15) is 29.1 Å². The fraction of sp³-hybridized carbons (Fsp3) is 0.113. The minimum atomic E-state index is -1.11. The number of nitrogens with zero attached hydrogens (tertiary/aromatic N) is 2. The van der Waals surface area contributed by atoms with Crippen molar-refractivity contribution in [3.8, 4) is 55.9 Å². The van der Waals surface area contributed by atoms with Crippen LogP contribution in [0.5, 0.6) is 0 Å². The second kappa shape index (κ2) is 27.1. The number of nitrogen functional groups attached to an aromatic ring is 1. The summed E-state index contributed by atoms with van der Waals surface area (Å²) in [6.07, 6.45) is 3.02. The SMILES string of the molecule is CC(C)(C)OC(=O)c1ccc(-c2ccccc2)cc1N.CC(C)(C)OC(=O)c1ccc(-c2ccccc2)cc1NC(=O)c1ccc(-c2ccccc2)nc1.O=C(Nc1cc(-c2ccccc2)ccc1C(=O)O)c1ccc(-c2ccccc2)nc1. The first-order chi connectivity index (χ1) is 40.3. The highest BCUT2D eigenvalue weighted by atomic mass is 16.6. The Morgan fingerprint density at radius 3 is 1.04 bits per heavy atom. The van der Waals surface area contributed by atoms with Crippen molar-refractivity contribution < 1.29 is 38.6 Å². The second-order valence-electron chi connectivity index (χ2n) is 21.2. The van der Waals surface area contributed by atoms with Gasteiger partial charge in [0, 0.05) is 29.2 Å². The maximum absolute atomic E-state index is 13.1. The summed E-state index contributed by atoms with van der Waals surface area (Å²) in [6, 6.07) is 71.2. The zero-order valence-corrected chi connectivity index (χ0v) is 47.4. The first-order valence-electron chi connectivity index (χ1n) is 27.0. The molecule has 0 aliphatic heterocycles. The van der Waals surface area contributed by atoms with Crippen LogP contribution in [0.25, 0.3) is 55.9 Å². The summed E-state index contributed by atoms with van der Waals surface area (Å²) in [5, 5.41) is 15.1. The van der Waals surface area contributed by atoms with Crippen molar-refractivity contribution >= 4 is 46.8 Å². The molecule has 0 saturated carbocycles. The molecule has 0 atom stereocenters. The monoisotopic (exact) mass is 1110 g/mol. The highest BCUT2D eigenvalue weighted by molar-refractivity contribution is 6.09. The summed E-state index contributed by atoms with van der Waals surface area (Å²) < 4.78 is 10.9. The summed E-state index contributed by atoms with van der Waals surface area (Å²) >= 11 is 0. The van der Waals surface area contributed by atoms with Crippen LogP contribution in [-0.4, -0.2) is 56.0 Å². The summed E-state index contributed by atoms with van der Waals surface area (Å²) in [4.78, 5) is 71.1. The molecule has 0 spiro atoms. The maximum Gasteiger partial charge on any atom is 0.340 e. The Labute approximate surface area is 488 Å². The van der Waals surface area contributed by atoms with Crippen LogP contribution in [-0.2, 0) is 9.47 Å². The number of hydrogen-bond donors (Lipinski definition) is 4. The van der Waals surface area contributed by atoms with E-state index in [-0.39, 0.29) is 22.7 Å². The second-order valence-corrected chi connectivity index (χ2v) is 21.2. The third kappa shape index (κ3) is 16.4. The van der Waals surface area contributed by atoms with Crippen LogP contribution in [0.1, 0.15) is 93.3 Å². The number of carboxylic acid groups (broad SMARTS) is 1. The zero-order chi connectivity index (χ0) is 59.8. The van der Waals surface area contributed by atoms with Crippen LogP contribution >= 0.6 is 0 Å². The molecule has 13 nitrogen and oxygen atoms in total. The van der Waals surface area contributed by atoms with E-state index in [2.05, 4.69) is 20.6 Å². The van der Waals surface area contributed by atoms with Crippen molar-refractivity contribution in [1.29, 1.82) is 0 Å². The van der Waals surface area contributed by atoms with E-state index in [0.29, 0.717) is 28.1 Å². The quantitative estimate of drug-likeness (QED) is 0.0670. The molecule has 0 fully saturated rings. The number of hydrogen-bond acceptors (Lipinski definition) is 10. The number of nitrogens with one attached hydrogen (secondary N) is 2. The highest BCUT2D eigenvalue weighted by Gasteiger charge is 2.24. The van der Waals surface area contributed by atoms with E-state index in [1.165, 1.54) is 18.5 Å². The van der Waals surface area contributed by atoms with Gasteiger partial charge >= 0.3 is 17.9 Å². The molecule has 2 amide bonds. The van der Waals surface area contributed by atoms with E-state index < -0.39 is 35.0 Å². The molecule has 10 rings (SSSR count). The average molecular weight is 1110 g/mol. The Balaban J connectivity index is 0.000000170. The number of carboxylic acids is 1. The summed E-state index contributed by atoms with van der Waals surface area (Å²) in [5.41, 5.74) is 16.4. The van der Waals surface area contributed by atoms with Crippen molar-refractivity contribution in [2.24, 2.45) is 0 Å². The predicted molar refractivity (Wildman–Crippen MR) is 333 cm³/mol. The molecule has 0 saturated heterocycles. The van der Waals surface area contributed by atoms with Gasteiger partial charge in [0.25, 0.3) is 11.8 Å². The standard InChI is InChI=1S/C29H26N2O3.C25H18N2O3.C17H19NO2/c1-29(2,3)34-28(33)24-16-14-22(20-10-6-4-7-11-20)18-26(24)31-27(32)23-15-17-25(30-19-23)21-12-8-5-9-13-21;28-24(20-12-14-22(26-16-20)18-9-5-2-6-10-18)27-23-15-19(11-13-21(23)25(29)30)17-7-3-1-4-8-17;1-17(2,3)20-16(19)14-10-9-13(11-15(14)18)12-7-5-4-6-8-12/h4-19H,1-3H3,(H,31,32);1-16H,(H,27,28)(H,29,30);4-11H,18H2,1-3H3. The lowest BCUT2D eigenvalue weighted by Crippen LogP contribution is -2.25. The smallest absolute Gasteiger partial charge is 0.340 e. The topological polar surface area (TPSA) is 200 Å². The highest BCUT2D eigenvalue weighted by Crippen LogP contribution is 2.31. The Kier molecular flexibility index (Phi) is 19.2. The largest absolute Gasteiger partial charge is 0.478 e. The maximum atomic E-state index is 13.1. The van der Waals surface area contributed by atoms with E-state index in [4.69, 9.17) is 15.2 Å². The van der Waals surface area contributed by atoms with Gasteiger partial charge in [-0.15, -0.1) is 0 Å². The number of nitrogens with two attached hydrogens (primary N) is 1. The molecular formula is C71H63N5O8. The molecule has 0 unspecified atom stereocenters. The lowest BCUT2D eigenvalue weighted by atomic mass is 10.0. The van der Waals surface area contributed by atoms with Crippen LogP contribution < -0.4 is 16.4 Å². The molecule has 5 N–H and O–H groups in total. The number of carbonyl (C=O) groups excluding carboxylic acids is 4. The third-order valence-corrected chi connectivity index (χ3v) is 12.6. The van der Waals surface area contributed by atoms with Crippen LogP contribution in [0.2, 0.25) is 0 Å². The Morgan fingerprint density at radius 2 is 0.702 bits per heavy atom. The van der Waals surface area contributed by atoms with Gasteiger partial charge in [-0.05, 0) is 136 Å². The molecule has 84 heavy (non-hydrogen) atoms. The number of pyridine rings is 2. The van der Waals surface area contributed by atoms with Gasteiger partial charge < -0.3 is 30.9 Å². The number of ether oxygens (including phenoxy) is 2. The van der Waals surface area contributed by atoms with Gasteiger partial charge in [-0.1, -0.05) is 170 Å². The number of anilines is 3. The van der Waals surface area contributed by atoms with Crippen molar-refractivity contribution in [1.82, 2.24) is 9.97 Å². The molecule has 8 aromatic carbocycles. The number of rotatable bonds is 12. The summed E-state index contributed by atoms with van der Waals surface area (Å²) in [5.74, 6) is -2.78. The van der Waals surface area contributed by atoms with Crippen molar-refractivity contribution in [3.63, 3.8) is 0 Å². The molecule has 13 heteroatoms. The predicted octanol–water partition coefficient (Wildman–Crippen LogP) is 15.9.